The van der Waals surface area contributed by atoms with Gasteiger partial charge in [-0.25, -0.2) is 0 Å². The number of hydrogen-bond acceptors (Lipinski definition) is 4. The van der Waals surface area contributed by atoms with Crippen LogP contribution >= 0.6 is 0 Å². The van der Waals surface area contributed by atoms with Gasteiger partial charge in [0.15, 0.2) is 0 Å². The zero-order valence-corrected chi connectivity index (χ0v) is 16.8. The lowest BCUT2D eigenvalue weighted by Gasteiger charge is -2.28. The van der Waals surface area contributed by atoms with Gasteiger partial charge in [0.25, 0.3) is 0 Å². The molecule has 0 amide bonds. The summed E-state index contributed by atoms with van der Waals surface area (Å²) in [5.74, 6) is 1.40. The monoisotopic (exact) mass is 398 g/mol. The number of aliphatic carboxylic acids is 1. The van der Waals surface area contributed by atoms with Crippen molar-refractivity contribution in [2.75, 3.05) is 19.8 Å². The van der Waals surface area contributed by atoms with Gasteiger partial charge in [0.1, 0.15) is 0 Å². The fourth-order valence-corrected chi connectivity index (χ4v) is 4.52. The minimum atomic E-state index is -0.673. The van der Waals surface area contributed by atoms with Crippen LogP contribution in [0.3, 0.4) is 0 Å². The fourth-order valence-electron chi connectivity index (χ4n) is 4.52. The van der Waals surface area contributed by atoms with Crippen LogP contribution in [0.15, 0.2) is 30.3 Å². The summed E-state index contributed by atoms with van der Waals surface area (Å²) in [6, 6.07) is 10.6. The molecule has 1 saturated heterocycles. The number of aromatic nitrogens is 2. The van der Waals surface area contributed by atoms with Gasteiger partial charge in [-0.1, -0.05) is 24.3 Å². The predicted octanol–water partition coefficient (Wildman–Crippen LogP) is 4.63. The van der Waals surface area contributed by atoms with Crippen molar-refractivity contribution in [1.82, 2.24) is 10.2 Å². The number of hydrogen-bond donors (Lipinski definition) is 2. The Morgan fingerprint density at radius 1 is 1.07 bits per heavy atom. The van der Waals surface area contributed by atoms with Crippen LogP contribution in [0.25, 0.3) is 11.3 Å². The molecule has 0 bridgehead atoms. The molecule has 4 rings (SSSR count). The number of benzene rings is 1. The third-order valence-electron chi connectivity index (χ3n) is 6.37. The molecular formula is C23H30N2O4. The Morgan fingerprint density at radius 3 is 2.48 bits per heavy atom. The van der Waals surface area contributed by atoms with Crippen molar-refractivity contribution in [2.24, 2.45) is 11.8 Å². The number of H-pyrrole nitrogens is 1. The van der Waals surface area contributed by atoms with E-state index in [-0.39, 0.29) is 0 Å². The Labute approximate surface area is 171 Å². The Balaban J connectivity index is 1.30. The molecule has 1 aromatic heterocycles. The highest BCUT2D eigenvalue weighted by molar-refractivity contribution is 5.67. The summed E-state index contributed by atoms with van der Waals surface area (Å²) in [5, 5.41) is 16.3. The van der Waals surface area contributed by atoms with Crippen molar-refractivity contribution in [3.05, 3.63) is 35.9 Å². The third-order valence-corrected chi connectivity index (χ3v) is 6.37. The fraction of sp³-hybridized carbons (Fsp3) is 0.565. The number of aromatic amines is 1. The van der Waals surface area contributed by atoms with E-state index in [0.29, 0.717) is 36.7 Å². The Morgan fingerprint density at radius 2 is 1.79 bits per heavy atom. The zero-order valence-electron chi connectivity index (χ0n) is 16.8. The van der Waals surface area contributed by atoms with E-state index >= 15 is 0 Å². The van der Waals surface area contributed by atoms with Gasteiger partial charge >= 0.3 is 5.97 Å². The van der Waals surface area contributed by atoms with Gasteiger partial charge in [0.2, 0.25) is 5.88 Å². The van der Waals surface area contributed by atoms with Crippen molar-refractivity contribution < 1.29 is 19.4 Å². The quantitative estimate of drug-likeness (QED) is 0.710. The molecule has 0 radical (unpaired) electrons. The SMILES string of the molecule is O=C(O)CC1CCC(c2ccc(-c3cc(OCC4CCOCC4)n[nH]3)cc2)CC1. The van der Waals surface area contributed by atoms with E-state index in [4.69, 9.17) is 14.6 Å². The van der Waals surface area contributed by atoms with Crippen LogP contribution in [0.2, 0.25) is 0 Å². The molecule has 0 spiro atoms. The van der Waals surface area contributed by atoms with E-state index in [1.807, 2.05) is 6.07 Å². The molecular weight excluding hydrogens is 368 g/mol. The van der Waals surface area contributed by atoms with E-state index in [1.165, 1.54) is 5.56 Å². The lowest BCUT2D eigenvalue weighted by atomic mass is 9.77. The molecule has 1 saturated carbocycles. The maximum Gasteiger partial charge on any atom is 0.303 e. The van der Waals surface area contributed by atoms with Crippen LogP contribution in [0, 0.1) is 11.8 Å². The van der Waals surface area contributed by atoms with Crippen LogP contribution in [0.4, 0.5) is 0 Å². The normalized spacial score (nSPS) is 23.0. The predicted molar refractivity (Wildman–Crippen MR) is 110 cm³/mol. The molecule has 1 aliphatic carbocycles. The standard InChI is InChI=1S/C23H30N2O4/c26-23(27)13-16-1-3-18(4-2-16)19-5-7-20(8-6-19)21-14-22(25-24-21)29-15-17-9-11-28-12-10-17/h5-8,14,16-18H,1-4,9-13,15H2,(H,24,25)(H,26,27). The summed E-state index contributed by atoms with van der Waals surface area (Å²) in [5.41, 5.74) is 3.41. The number of nitrogens with one attached hydrogen (secondary N) is 1. The molecule has 0 unspecified atom stereocenters. The molecule has 6 nitrogen and oxygen atoms in total. The molecule has 29 heavy (non-hydrogen) atoms. The number of carboxylic acids is 1. The minimum absolute atomic E-state index is 0.310. The maximum atomic E-state index is 10.9. The van der Waals surface area contributed by atoms with Crippen LogP contribution in [0.5, 0.6) is 5.88 Å². The molecule has 156 valence electrons. The van der Waals surface area contributed by atoms with Crippen molar-refractivity contribution in [1.29, 1.82) is 0 Å². The first-order valence-electron chi connectivity index (χ1n) is 10.8. The molecule has 2 aliphatic rings. The number of ether oxygens (including phenoxy) is 2. The summed E-state index contributed by atoms with van der Waals surface area (Å²) in [6.07, 6.45) is 6.58. The molecule has 0 atom stereocenters. The van der Waals surface area contributed by atoms with Gasteiger partial charge in [-0.05, 0) is 67.4 Å². The number of carboxylic acid groups (broad SMARTS) is 1. The van der Waals surface area contributed by atoms with Gasteiger partial charge in [0.05, 0.1) is 12.3 Å². The molecule has 1 aliphatic heterocycles. The topological polar surface area (TPSA) is 84.4 Å². The van der Waals surface area contributed by atoms with Gasteiger partial charge in [0, 0.05) is 25.7 Å². The van der Waals surface area contributed by atoms with Crippen molar-refractivity contribution in [3.8, 4) is 17.1 Å². The molecule has 2 N–H and O–H groups in total. The molecule has 2 heterocycles. The summed E-state index contributed by atoms with van der Waals surface area (Å²) in [7, 11) is 0. The van der Waals surface area contributed by atoms with Gasteiger partial charge in [-0.2, -0.15) is 0 Å². The highest BCUT2D eigenvalue weighted by Crippen LogP contribution is 2.37. The lowest BCUT2D eigenvalue weighted by molar-refractivity contribution is -0.138. The van der Waals surface area contributed by atoms with E-state index in [9.17, 15) is 4.79 Å². The summed E-state index contributed by atoms with van der Waals surface area (Å²) in [4.78, 5) is 10.9. The Bertz CT molecular complexity index is 787. The van der Waals surface area contributed by atoms with Gasteiger partial charge < -0.3 is 14.6 Å². The van der Waals surface area contributed by atoms with Crippen molar-refractivity contribution >= 4 is 5.97 Å². The van der Waals surface area contributed by atoms with E-state index in [0.717, 1.165) is 63.0 Å². The molecule has 2 aromatic rings. The first kappa shape index (κ1) is 20.0. The maximum absolute atomic E-state index is 10.9. The lowest BCUT2D eigenvalue weighted by Crippen LogP contribution is -2.21. The average molecular weight is 399 g/mol. The Kier molecular flexibility index (Phi) is 6.49. The minimum Gasteiger partial charge on any atom is -0.481 e. The van der Waals surface area contributed by atoms with E-state index in [2.05, 4.69) is 34.5 Å². The first-order valence-corrected chi connectivity index (χ1v) is 10.8. The average Bonchev–Trinajstić information content (AvgIpc) is 3.22. The smallest absolute Gasteiger partial charge is 0.303 e. The summed E-state index contributed by atoms with van der Waals surface area (Å²) in [6.45, 7) is 2.35. The summed E-state index contributed by atoms with van der Waals surface area (Å²) < 4.78 is 11.3. The highest BCUT2D eigenvalue weighted by Gasteiger charge is 2.24. The largest absolute Gasteiger partial charge is 0.481 e. The third kappa shape index (κ3) is 5.38. The van der Waals surface area contributed by atoms with Crippen LogP contribution in [-0.2, 0) is 9.53 Å². The van der Waals surface area contributed by atoms with Gasteiger partial charge in [-0.3, -0.25) is 9.89 Å². The zero-order chi connectivity index (χ0) is 20.1. The second-order valence-electron chi connectivity index (χ2n) is 8.42. The van der Waals surface area contributed by atoms with Gasteiger partial charge in [-0.15, -0.1) is 5.10 Å². The Hall–Kier alpha value is -2.34. The number of nitrogens with zero attached hydrogens (tertiary/aromatic N) is 1. The molecule has 1 aromatic carbocycles. The van der Waals surface area contributed by atoms with Crippen molar-refractivity contribution in [2.45, 2.75) is 50.9 Å². The van der Waals surface area contributed by atoms with Crippen LogP contribution in [-0.4, -0.2) is 41.1 Å². The number of carbonyl (C=O) groups is 1. The second kappa shape index (κ2) is 9.44. The summed E-state index contributed by atoms with van der Waals surface area (Å²) >= 11 is 0. The van der Waals surface area contributed by atoms with Crippen LogP contribution < -0.4 is 4.74 Å². The second-order valence-corrected chi connectivity index (χ2v) is 8.42. The van der Waals surface area contributed by atoms with E-state index in [1.54, 1.807) is 0 Å². The van der Waals surface area contributed by atoms with E-state index < -0.39 is 5.97 Å². The first-order chi connectivity index (χ1) is 14.2. The molecule has 2 fully saturated rings. The number of rotatable bonds is 7. The molecule has 6 heteroatoms. The van der Waals surface area contributed by atoms with Crippen LogP contribution in [0.1, 0.15) is 56.4 Å². The highest BCUT2D eigenvalue weighted by atomic mass is 16.5. The van der Waals surface area contributed by atoms with Crippen molar-refractivity contribution in [3.63, 3.8) is 0 Å².